The fraction of sp³-hybridized carbons (Fsp3) is 0.133. The van der Waals surface area contributed by atoms with Gasteiger partial charge in [-0.15, -0.1) is 11.8 Å². The van der Waals surface area contributed by atoms with Gasteiger partial charge < -0.3 is 0 Å². The molecule has 0 fully saturated rings. The second kappa shape index (κ2) is 6.86. The maximum atomic E-state index is 9.26. The van der Waals surface area contributed by atoms with Crippen LogP contribution in [-0.2, 0) is 0 Å². The molecule has 0 saturated heterocycles. The number of halogens is 2. The Morgan fingerprint density at radius 1 is 1.11 bits per heavy atom. The third-order valence-electron chi connectivity index (χ3n) is 2.66. The standard InChI is InChI=1S/C15H11Cl2NS/c16-13-6-7-14(17)15(8-13)19-10-12(9-18)11-4-2-1-3-5-11/h1-8,12H,10H2. The predicted molar refractivity (Wildman–Crippen MR) is 82.0 cm³/mol. The van der Waals surface area contributed by atoms with Crippen LogP contribution in [0.1, 0.15) is 11.5 Å². The topological polar surface area (TPSA) is 23.8 Å². The lowest BCUT2D eigenvalue weighted by Gasteiger charge is -2.10. The molecule has 0 N–H and O–H groups in total. The van der Waals surface area contributed by atoms with Gasteiger partial charge in [0, 0.05) is 15.7 Å². The molecule has 0 heterocycles. The minimum Gasteiger partial charge on any atom is -0.198 e. The summed E-state index contributed by atoms with van der Waals surface area (Å²) in [4.78, 5) is 0.908. The van der Waals surface area contributed by atoms with E-state index in [1.165, 1.54) is 0 Å². The first-order valence-corrected chi connectivity index (χ1v) is 7.47. The molecular weight excluding hydrogens is 297 g/mol. The van der Waals surface area contributed by atoms with Crippen molar-refractivity contribution in [1.82, 2.24) is 0 Å². The van der Waals surface area contributed by atoms with Crippen LogP contribution in [0, 0.1) is 11.3 Å². The first kappa shape index (κ1) is 14.3. The molecule has 1 nitrogen and oxygen atoms in total. The van der Waals surface area contributed by atoms with Crippen molar-refractivity contribution in [2.45, 2.75) is 10.8 Å². The average Bonchev–Trinajstić information content (AvgIpc) is 2.44. The Kier molecular flexibility index (Phi) is 5.15. The van der Waals surface area contributed by atoms with E-state index >= 15 is 0 Å². The highest BCUT2D eigenvalue weighted by Crippen LogP contribution is 2.32. The monoisotopic (exact) mass is 307 g/mol. The minimum absolute atomic E-state index is 0.152. The van der Waals surface area contributed by atoms with Gasteiger partial charge in [-0.1, -0.05) is 53.5 Å². The van der Waals surface area contributed by atoms with E-state index in [1.807, 2.05) is 36.4 Å². The van der Waals surface area contributed by atoms with E-state index in [2.05, 4.69) is 6.07 Å². The van der Waals surface area contributed by atoms with Crippen molar-refractivity contribution in [2.75, 3.05) is 5.75 Å². The Morgan fingerprint density at radius 2 is 1.84 bits per heavy atom. The zero-order chi connectivity index (χ0) is 13.7. The summed E-state index contributed by atoms with van der Waals surface area (Å²) in [6.07, 6.45) is 0. The van der Waals surface area contributed by atoms with Crippen molar-refractivity contribution in [3.05, 3.63) is 64.1 Å². The van der Waals surface area contributed by atoms with Gasteiger partial charge in [0.05, 0.1) is 17.0 Å². The Hall–Kier alpha value is -1.14. The molecule has 4 heteroatoms. The van der Waals surface area contributed by atoms with Crippen LogP contribution >= 0.6 is 35.0 Å². The van der Waals surface area contributed by atoms with Gasteiger partial charge in [0.2, 0.25) is 0 Å². The summed E-state index contributed by atoms with van der Waals surface area (Å²) in [5.74, 6) is 0.502. The molecule has 0 bridgehead atoms. The van der Waals surface area contributed by atoms with E-state index in [0.717, 1.165) is 10.5 Å². The fourth-order valence-electron chi connectivity index (χ4n) is 1.65. The third-order valence-corrected chi connectivity index (χ3v) is 4.48. The number of nitriles is 1. The normalized spacial score (nSPS) is 11.8. The molecule has 19 heavy (non-hydrogen) atoms. The molecular formula is C15H11Cl2NS. The van der Waals surface area contributed by atoms with Gasteiger partial charge in [-0.05, 0) is 23.8 Å². The van der Waals surface area contributed by atoms with Crippen LogP contribution in [-0.4, -0.2) is 5.75 Å². The van der Waals surface area contributed by atoms with Crippen molar-refractivity contribution in [3.8, 4) is 6.07 Å². The highest BCUT2D eigenvalue weighted by atomic mass is 35.5. The molecule has 2 rings (SSSR count). The van der Waals surface area contributed by atoms with Crippen LogP contribution < -0.4 is 0 Å². The average molecular weight is 308 g/mol. The first-order chi connectivity index (χ1) is 9.20. The Labute approximate surface area is 127 Å². The van der Waals surface area contributed by atoms with Gasteiger partial charge in [0.25, 0.3) is 0 Å². The summed E-state index contributed by atoms with van der Waals surface area (Å²) in [6.45, 7) is 0. The molecule has 0 aromatic heterocycles. The number of benzene rings is 2. The van der Waals surface area contributed by atoms with Crippen LogP contribution in [0.5, 0.6) is 0 Å². The van der Waals surface area contributed by atoms with Crippen molar-refractivity contribution >= 4 is 35.0 Å². The summed E-state index contributed by atoms with van der Waals surface area (Å²) in [5.41, 5.74) is 1.02. The predicted octanol–water partition coefficient (Wildman–Crippen LogP) is 5.39. The second-order valence-corrected chi connectivity index (χ2v) is 5.88. The molecule has 2 aromatic carbocycles. The molecule has 0 aliphatic carbocycles. The highest BCUT2D eigenvalue weighted by molar-refractivity contribution is 7.99. The highest BCUT2D eigenvalue weighted by Gasteiger charge is 2.12. The summed E-state index contributed by atoms with van der Waals surface area (Å²) in [7, 11) is 0. The van der Waals surface area contributed by atoms with Gasteiger partial charge in [-0.3, -0.25) is 0 Å². The van der Waals surface area contributed by atoms with Crippen LogP contribution in [0.25, 0.3) is 0 Å². The van der Waals surface area contributed by atoms with Gasteiger partial charge in [-0.2, -0.15) is 5.26 Å². The van der Waals surface area contributed by atoms with Crippen molar-refractivity contribution in [2.24, 2.45) is 0 Å². The number of hydrogen-bond acceptors (Lipinski definition) is 2. The van der Waals surface area contributed by atoms with Crippen LogP contribution in [0.4, 0.5) is 0 Å². The number of rotatable bonds is 4. The molecule has 0 radical (unpaired) electrons. The van der Waals surface area contributed by atoms with Gasteiger partial charge in [0.15, 0.2) is 0 Å². The van der Waals surface area contributed by atoms with E-state index in [-0.39, 0.29) is 5.92 Å². The lowest BCUT2D eigenvalue weighted by molar-refractivity contribution is 0.996. The van der Waals surface area contributed by atoms with E-state index in [0.29, 0.717) is 15.8 Å². The summed E-state index contributed by atoms with van der Waals surface area (Å²) < 4.78 is 0. The minimum atomic E-state index is -0.152. The zero-order valence-corrected chi connectivity index (χ0v) is 12.3. The molecule has 0 aliphatic heterocycles. The number of thioether (sulfide) groups is 1. The number of hydrogen-bond donors (Lipinski definition) is 0. The van der Waals surface area contributed by atoms with Gasteiger partial charge >= 0.3 is 0 Å². The van der Waals surface area contributed by atoms with E-state index < -0.39 is 0 Å². The summed E-state index contributed by atoms with van der Waals surface area (Å²) >= 11 is 13.6. The summed E-state index contributed by atoms with van der Waals surface area (Å²) in [6, 6.07) is 17.4. The first-order valence-electron chi connectivity index (χ1n) is 5.73. The maximum Gasteiger partial charge on any atom is 0.0806 e. The van der Waals surface area contributed by atoms with Gasteiger partial charge in [-0.25, -0.2) is 0 Å². The van der Waals surface area contributed by atoms with Crippen LogP contribution in [0.3, 0.4) is 0 Å². The van der Waals surface area contributed by atoms with Crippen LogP contribution in [0.2, 0.25) is 10.0 Å². The van der Waals surface area contributed by atoms with E-state index in [9.17, 15) is 5.26 Å². The largest absolute Gasteiger partial charge is 0.198 e. The van der Waals surface area contributed by atoms with Crippen molar-refractivity contribution in [1.29, 1.82) is 5.26 Å². The zero-order valence-electron chi connectivity index (χ0n) is 10.0. The fourth-order valence-corrected chi connectivity index (χ4v) is 3.20. The molecule has 2 aromatic rings. The van der Waals surface area contributed by atoms with Crippen molar-refractivity contribution in [3.63, 3.8) is 0 Å². The molecule has 0 aliphatic rings. The second-order valence-electron chi connectivity index (χ2n) is 3.98. The van der Waals surface area contributed by atoms with E-state index in [1.54, 1.807) is 23.9 Å². The lowest BCUT2D eigenvalue weighted by Crippen LogP contribution is -1.98. The molecule has 1 unspecified atom stereocenters. The SMILES string of the molecule is N#CC(CSc1cc(Cl)ccc1Cl)c1ccccc1. The maximum absolute atomic E-state index is 9.26. The molecule has 0 amide bonds. The van der Waals surface area contributed by atoms with E-state index in [4.69, 9.17) is 23.2 Å². The molecule has 1 atom stereocenters. The smallest absolute Gasteiger partial charge is 0.0806 e. The number of nitrogens with zero attached hydrogens (tertiary/aromatic N) is 1. The lowest BCUT2D eigenvalue weighted by atomic mass is 10.0. The Morgan fingerprint density at radius 3 is 2.53 bits per heavy atom. The Bertz CT molecular complexity index is 593. The van der Waals surface area contributed by atoms with Crippen LogP contribution in [0.15, 0.2) is 53.4 Å². The third kappa shape index (κ3) is 3.91. The van der Waals surface area contributed by atoms with Crippen molar-refractivity contribution < 1.29 is 0 Å². The Balaban J connectivity index is 2.09. The molecule has 96 valence electrons. The quantitative estimate of drug-likeness (QED) is 0.707. The van der Waals surface area contributed by atoms with Gasteiger partial charge in [0.1, 0.15) is 0 Å². The summed E-state index contributed by atoms with van der Waals surface area (Å²) in [5, 5.41) is 10.6. The molecule has 0 spiro atoms. The molecule has 0 saturated carbocycles.